The fourth-order valence-electron chi connectivity index (χ4n) is 1.88. The molecule has 0 aromatic carbocycles. The van der Waals surface area contributed by atoms with Gasteiger partial charge in [0.1, 0.15) is 0 Å². The zero-order chi connectivity index (χ0) is 12.1. The maximum Gasteiger partial charge on any atom is 0.234 e. The minimum Gasteiger partial charge on any atom is -0.482 e. The first kappa shape index (κ1) is 12.7. The standard InChI is InChI=1S/C13H20O3S/c1-3-5-6-10(4-2)15-13-7-14-11-8-17-9-12(11)16-13/h8-10,13H,3-7H2,1-2H3. The van der Waals surface area contributed by atoms with Crippen molar-refractivity contribution < 1.29 is 14.2 Å². The first-order valence-electron chi connectivity index (χ1n) is 6.34. The van der Waals surface area contributed by atoms with Gasteiger partial charge in [0, 0.05) is 10.8 Å². The summed E-state index contributed by atoms with van der Waals surface area (Å²) in [6.45, 7) is 4.84. The molecule has 0 saturated carbocycles. The van der Waals surface area contributed by atoms with Gasteiger partial charge in [-0.2, -0.15) is 0 Å². The molecular formula is C13H20O3S. The van der Waals surface area contributed by atoms with Crippen molar-refractivity contribution in [1.29, 1.82) is 0 Å². The molecule has 0 saturated heterocycles. The lowest BCUT2D eigenvalue weighted by Gasteiger charge is -2.28. The molecule has 2 rings (SSSR count). The average molecular weight is 256 g/mol. The first-order valence-corrected chi connectivity index (χ1v) is 7.28. The molecule has 0 fully saturated rings. The minimum absolute atomic E-state index is 0.251. The van der Waals surface area contributed by atoms with E-state index in [1.54, 1.807) is 11.3 Å². The molecule has 4 heteroatoms. The third-order valence-electron chi connectivity index (χ3n) is 2.91. The number of rotatable bonds is 6. The van der Waals surface area contributed by atoms with Crippen molar-refractivity contribution in [3.63, 3.8) is 0 Å². The lowest BCUT2D eigenvalue weighted by atomic mass is 10.1. The number of thiophene rings is 1. The molecule has 2 heterocycles. The molecule has 96 valence electrons. The molecule has 1 aromatic rings. The van der Waals surface area contributed by atoms with Crippen molar-refractivity contribution in [2.75, 3.05) is 6.61 Å². The van der Waals surface area contributed by atoms with E-state index in [0.717, 1.165) is 24.3 Å². The Morgan fingerprint density at radius 3 is 3.00 bits per heavy atom. The highest BCUT2D eigenvalue weighted by atomic mass is 32.1. The minimum atomic E-state index is -0.251. The van der Waals surface area contributed by atoms with Gasteiger partial charge < -0.3 is 14.2 Å². The Morgan fingerprint density at radius 1 is 1.41 bits per heavy atom. The number of fused-ring (bicyclic) bond motifs is 1. The molecule has 2 atom stereocenters. The van der Waals surface area contributed by atoms with Crippen LogP contribution in [0.2, 0.25) is 0 Å². The molecule has 0 bridgehead atoms. The molecular weight excluding hydrogens is 236 g/mol. The van der Waals surface area contributed by atoms with Crippen LogP contribution in [0.1, 0.15) is 39.5 Å². The summed E-state index contributed by atoms with van der Waals surface area (Å²) in [4.78, 5) is 0. The summed E-state index contributed by atoms with van der Waals surface area (Å²) < 4.78 is 17.3. The van der Waals surface area contributed by atoms with E-state index in [9.17, 15) is 0 Å². The molecule has 0 amide bonds. The number of ether oxygens (including phenoxy) is 3. The molecule has 0 radical (unpaired) electrons. The van der Waals surface area contributed by atoms with Crippen molar-refractivity contribution >= 4 is 11.3 Å². The van der Waals surface area contributed by atoms with E-state index in [1.807, 2.05) is 10.8 Å². The molecule has 0 spiro atoms. The van der Waals surface area contributed by atoms with E-state index in [1.165, 1.54) is 12.8 Å². The Morgan fingerprint density at radius 2 is 2.24 bits per heavy atom. The summed E-state index contributed by atoms with van der Waals surface area (Å²) >= 11 is 1.59. The third kappa shape index (κ3) is 3.36. The van der Waals surface area contributed by atoms with Crippen LogP contribution in [0.25, 0.3) is 0 Å². The van der Waals surface area contributed by atoms with E-state index in [4.69, 9.17) is 14.2 Å². The fourth-order valence-corrected chi connectivity index (χ4v) is 2.55. The Kier molecular flexibility index (Phi) is 4.68. The lowest BCUT2D eigenvalue weighted by molar-refractivity contribution is -0.149. The molecule has 3 nitrogen and oxygen atoms in total. The normalized spacial score (nSPS) is 20.2. The van der Waals surface area contributed by atoms with Gasteiger partial charge in [0.2, 0.25) is 6.29 Å². The largest absolute Gasteiger partial charge is 0.482 e. The van der Waals surface area contributed by atoms with Gasteiger partial charge in [0.15, 0.2) is 18.1 Å². The molecule has 0 N–H and O–H groups in total. The van der Waals surface area contributed by atoms with E-state index in [-0.39, 0.29) is 12.4 Å². The maximum atomic E-state index is 5.93. The third-order valence-corrected chi connectivity index (χ3v) is 3.61. The first-order chi connectivity index (χ1) is 8.33. The zero-order valence-electron chi connectivity index (χ0n) is 10.5. The van der Waals surface area contributed by atoms with Gasteiger partial charge in [-0.25, -0.2) is 0 Å². The van der Waals surface area contributed by atoms with Crippen molar-refractivity contribution in [1.82, 2.24) is 0 Å². The van der Waals surface area contributed by atoms with Gasteiger partial charge >= 0.3 is 0 Å². The number of hydrogen-bond acceptors (Lipinski definition) is 4. The van der Waals surface area contributed by atoms with Gasteiger partial charge in [-0.05, 0) is 12.8 Å². The molecule has 2 unspecified atom stereocenters. The number of hydrogen-bond donors (Lipinski definition) is 0. The van der Waals surface area contributed by atoms with E-state index in [2.05, 4.69) is 13.8 Å². The Labute approximate surface area is 107 Å². The topological polar surface area (TPSA) is 27.7 Å². The monoisotopic (exact) mass is 256 g/mol. The summed E-state index contributed by atoms with van der Waals surface area (Å²) in [5, 5.41) is 3.91. The predicted octanol–water partition coefficient (Wildman–Crippen LogP) is 3.83. The van der Waals surface area contributed by atoms with Crippen molar-refractivity contribution in [3.8, 4) is 11.5 Å². The van der Waals surface area contributed by atoms with Crippen molar-refractivity contribution in [3.05, 3.63) is 10.8 Å². The summed E-state index contributed by atoms with van der Waals surface area (Å²) in [7, 11) is 0. The molecule has 1 aliphatic rings. The van der Waals surface area contributed by atoms with Crippen molar-refractivity contribution in [2.45, 2.75) is 51.9 Å². The zero-order valence-corrected chi connectivity index (χ0v) is 11.3. The van der Waals surface area contributed by atoms with Gasteiger partial charge in [-0.3, -0.25) is 0 Å². The Bertz CT molecular complexity index is 337. The molecule has 0 aliphatic carbocycles. The van der Waals surface area contributed by atoms with Crippen LogP contribution in [0.5, 0.6) is 11.5 Å². The summed E-state index contributed by atoms with van der Waals surface area (Å²) in [6, 6.07) is 0. The van der Waals surface area contributed by atoms with Crippen LogP contribution in [-0.2, 0) is 4.74 Å². The summed E-state index contributed by atoms with van der Waals surface area (Å²) in [5.74, 6) is 1.66. The summed E-state index contributed by atoms with van der Waals surface area (Å²) in [6.07, 6.45) is 4.56. The smallest absolute Gasteiger partial charge is 0.234 e. The lowest BCUT2D eigenvalue weighted by Crippen LogP contribution is -2.34. The van der Waals surface area contributed by atoms with E-state index < -0.39 is 0 Å². The SMILES string of the molecule is CCCCC(CC)OC1COc2cscc2O1. The average Bonchev–Trinajstić information content (AvgIpc) is 2.81. The molecule has 17 heavy (non-hydrogen) atoms. The molecule has 1 aliphatic heterocycles. The van der Waals surface area contributed by atoms with E-state index in [0.29, 0.717) is 6.61 Å². The highest BCUT2D eigenvalue weighted by Crippen LogP contribution is 2.35. The summed E-state index contributed by atoms with van der Waals surface area (Å²) in [5.41, 5.74) is 0. The second-order valence-corrected chi connectivity index (χ2v) is 5.01. The second-order valence-electron chi connectivity index (χ2n) is 4.27. The van der Waals surface area contributed by atoms with E-state index >= 15 is 0 Å². The van der Waals surface area contributed by atoms with Gasteiger partial charge in [0.25, 0.3) is 0 Å². The van der Waals surface area contributed by atoms with Gasteiger partial charge in [0.05, 0.1) is 6.10 Å². The predicted molar refractivity (Wildman–Crippen MR) is 68.9 cm³/mol. The van der Waals surface area contributed by atoms with Crippen LogP contribution in [0.4, 0.5) is 0 Å². The Hall–Kier alpha value is -0.740. The number of unbranched alkanes of at least 4 members (excludes halogenated alkanes) is 1. The van der Waals surface area contributed by atoms with Crippen LogP contribution < -0.4 is 9.47 Å². The van der Waals surface area contributed by atoms with Gasteiger partial charge in [-0.15, -0.1) is 11.3 Å². The van der Waals surface area contributed by atoms with Gasteiger partial charge in [-0.1, -0.05) is 26.7 Å². The second kappa shape index (κ2) is 6.26. The van der Waals surface area contributed by atoms with Crippen molar-refractivity contribution in [2.24, 2.45) is 0 Å². The van der Waals surface area contributed by atoms with Crippen LogP contribution >= 0.6 is 11.3 Å². The highest BCUT2D eigenvalue weighted by molar-refractivity contribution is 7.08. The highest BCUT2D eigenvalue weighted by Gasteiger charge is 2.24. The van der Waals surface area contributed by atoms with Crippen LogP contribution in [0.3, 0.4) is 0 Å². The fraction of sp³-hybridized carbons (Fsp3) is 0.692. The van der Waals surface area contributed by atoms with Crippen LogP contribution in [-0.4, -0.2) is 19.0 Å². The van der Waals surface area contributed by atoms with Crippen LogP contribution in [0.15, 0.2) is 10.8 Å². The van der Waals surface area contributed by atoms with Crippen LogP contribution in [0, 0.1) is 0 Å². The molecule has 1 aromatic heterocycles. The maximum absolute atomic E-state index is 5.93. The Balaban J connectivity index is 1.83. The quantitative estimate of drug-likeness (QED) is 0.774.